The van der Waals surface area contributed by atoms with Crippen molar-refractivity contribution in [3.63, 3.8) is 0 Å². The Morgan fingerprint density at radius 2 is 2.00 bits per heavy atom. The maximum absolute atomic E-state index is 12.6. The molecule has 154 valence electrons. The van der Waals surface area contributed by atoms with Crippen LogP contribution in [-0.4, -0.2) is 44.6 Å². The Balaban J connectivity index is 1.83. The van der Waals surface area contributed by atoms with Gasteiger partial charge in [-0.2, -0.15) is 0 Å². The number of benzene rings is 1. The molecule has 0 bridgehead atoms. The van der Waals surface area contributed by atoms with Crippen molar-refractivity contribution in [2.75, 3.05) is 12.4 Å². The molecule has 0 saturated carbocycles. The minimum absolute atomic E-state index is 0.0616. The number of hydrogen-bond donors (Lipinski definition) is 5. The summed E-state index contributed by atoms with van der Waals surface area (Å²) >= 11 is 0. The largest absolute Gasteiger partial charge is 0.479 e. The van der Waals surface area contributed by atoms with E-state index in [-0.39, 0.29) is 18.3 Å². The fraction of sp³-hybridized carbons (Fsp3) is 0.350. The second-order valence-electron chi connectivity index (χ2n) is 6.99. The Hall–Kier alpha value is -3.17. The number of carbonyl (C=O) groups excluding carboxylic acids is 1. The highest BCUT2D eigenvalue weighted by molar-refractivity contribution is 5.93. The molecule has 0 fully saturated rings. The van der Waals surface area contributed by atoms with Crippen LogP contribution in [0.4, 0.5) is 10.6 Å². The fourth-order valence-corrected chi connectivity index (χ4v) is 3.12. The molecule has 3 aromatic rings. The minimum Gasteiger partial charge on any atom is -0.479 e. The average Bonchev–Trinajstić information content (AvgIpc) is 3.14. The lowest BCUT2D eigenvalue weighted by Gasteiger charge is -2.27. The number of hydrogen-bond acceptors (Lipinski definition) is 6. The lowest BCUT2D eigenvalue weighted by atomic mass is 9.94. The summed E-state index contributed by atoms with van der Waals surface area (Å²) in [7, 11) is 1.47. The summed E-state index contributed by atoms with van der Waals surface area (Å²) in [5, 5.41) is 33.1. The van der Waals surface area contributed by atoms with Crippen LogP contribution in [0, 0.1) is 5.92 Å². The van der Waals surface area contributed by atoms with Gasteiger partial charge in [0.1, 0.15) is 5.82 Å². The third-order valence-electron chi connectivity index (χ3n) is 4.64. The molecular formula is C20H25N5O4. The molecule has 0 radical (unpaired) electrons. The fourth-order valence-electron chi connectivity index (χ4n) is 3.12. The highest BCUT2D eigenvalue weighted by Crippen LogP contribution is 2.28. The van der Waals surface area contributed by atoms with Gasteiger partial charge in [-0.3, -0.25) is 10.4 Å². The third-order valence-corrected chi connectivity index (χ3v) is 4.64. The van der Waals surface area contributed by atoms with Crippen LogP contribution in [0.5, 0.6) is 5.88 Å². The molecule has 9 heteroatoms. The van der Waals surface area contributed by atoms with Gasteiger partial charge in [-0.05, 0) is 11.5 Å². The molecule has 0 unspecified atom stereocenters. The summed E-state index contributed by atoms with van der Waals surface area (Å²) < 4.78 is 5.16. The van der Waals surface area contributed by atoms with Gasteiger partial charge in [0.25, 0.3) is 0 Å². The van der Waals surface area contributed by atoms with E-state index >= 15 is 0 Å². The number of nitrogens with one attached hydrogen (secondary N) is 3. The molecule has 0 aliphatic heterocycles. The van der Waals surface area contributed by atoms with Gasteiger partial charge in [0.15, 0.2) is 0 Å². The van der Waals surface area contributed by atoms with E-state index in [0.29, 0.717) is 22.5 Å². The lowest BCUT2D eigenvalue weighted by Crippen LogP contribution is -2.41. The first-order chi connectivity index (χ1) is 13.9. The molecule has 29 heavy (non-hydrogen) atoms. The van der Waals surface area contributed by atoms with Crippen molar-refractivity contribution in [2.24, 2.45) is 5.92 Å². The molecule has 2 aromatic heterocycles. The monoisotopic (exact) mass is 399 g/mol. The van der Waals surface area contributed by atoms with Gasteiger partial charge < -0.3 is 20.3 Å². The Bertz CT molecular complexity index is 974. The van der Waals surface area contributed by atoms with Crippen LogP contribution in [-0.2, 0) is 6.61 Å². The zero-order valence-corrected chi connectivity index (χ0v) is 16.5. The first-order valence-electron chi connectivity index (χ1n) is 9.28. The van der Waals surface area contributed by atoms with E-state index in [1.54, 1.807) is 6.07 Å². The molecule has 1 aromatic carbocycles. The Labute approximate surface area is 168 Å². The zero-order chi connectivity index (χ0) is 21.0. The number of nitrogens with zero attached hydrogens (tertiary/aromatic N) is 2. The molecule has 0 spiro atoms. The number of rotatable bonds is 7. The second-order valence-corrected chi connectivity index (χ2v) is 6.99. The highest BCUT2D eigenvalue weighted by Gasteiger charge is 2.26. The van der Waals surface area contributed by atoms with Crippen LogP contribution in [0.25, 0.3) is 10.9 Å². The van der Waals surface area contributed by atoms with E-state index in [2.05, 4.69) is 25.8 Å². The predicted molar refractivity (Wildman–Crippen MR) is 109 cm³/mol. The van der Waals surface area contributed by atoms with Gasteiger partial charge in [-0.25, -0.2) is 9.78 Å². The zero-order valence-electron chi connectivity index (χ0n) is 16.5. The van der Waals surface area contributed by atoms with E-state index in [4.69, 9.17) is 4.74 Å². The summed E-state index contributed by atoms with van der Waals surface area (Å²) in [6, 6.07) is 9.75. The van der Waals surface area contributed by atoms with E-state index < -0.39 is 18.2 Å². The summed E-state index contributed by atoms with van der Waals surface area (Å²) in [6.07, 6.45) is -0.775. The van der Waals surface area contributed by atoms with Crippen molar-refractivity contribution in [1.82, 2.24) is 20.5 Å². The van der Waals surface area contributed by atoms with E-state index in [9.17, 15) is 15.0 Å². The first kappa shape index (κ1) is 20.6. The summed E-state index contributed by atoms with van der Waals surface area (Å²) in [5.41, 5.74) is 1.69. The number of aliphatic hydroxyl groups is 2. The van der Waals surface area contributed by atoms with Gasteiger partial charge in [-0.1, -0.05) is 44.2 Å². The molecule has 5 N–H and O–H groups in total. The molecule has 3 rings (SSSR count). The molecule has 2 heterocycles. The van der Waals surface area contributed by atoms with Crippen molar-refractivity contribution < 1.29 is 19.7 Å². The quantitative estimate of drug-likeness (QED) is 0.414. The van der Waals surface area contributed by atoms with Crippen molar-refractivity contribution in [2.45, 2.75) is 32.6 Å². The smallest absolute Gasteiger partial charge is 0.320 e. The van der Waals surface area contributed by atoms with Crippen LogP contribution in [0.2, 0.25) is 0 Å². The second kappa shape index (κ2) is 8.89. The van der Waals surface area contributed by atoms with Crippen molar-refractivity contribution in [1.29, 1.82) is 0 Å². The van der Waals surface area contributed by atoms with Crippen LogP contribution >= 0.6 is 0 Å². The average molecular weight is 399 g/mol. The summed E-state index contributed by atoms with van der Waals surface area (Å²) in [6.45, 7) is 3.42. The lowest BCUT2D eigenvalue weighted by molar-refractivity contribution is 0.0870. The normalized spacial score (nSPS) is 13.3. The Morgan fingerprint density at radius 3 is 2.62 bits per heavy atom. The Kier molecular flexibility index (Phi) is 6.30. The van der Waals surface area contributed by atoms with Gasteiger partial charge in [0, 0.05) is 6.07 Å². The van der Waals surface area contributed by atoms with Gasteiger partial charge in [-0.15, -0.1) is 5.10 Å². The highest BCUT2D eigenvalue weighted by atomic mass is 16.5. The number of aromatic nitrogens is 3. The van der Waals surface area contributed by atoms with Crippen LogP contribution < -0.4 is 15.4 Å². The third kappa shape index (κ3) is 4.47. The van der Waals surface area contributed by atoms with Crippen LogP contribution in [0.1, 0.15) is 31.1 Å². The molecule has 2 amide bonds. The van der Waals surface area contributed by atoms with Crippen LogP contribution in [0.15, 0.2) is 36.4 Å². The predicted octanol–water partition coefficient (Wildman–Crippen LogP) is 2.34. The van der Waals surface area contributed by atoms with Crippen molar-refractivity contribution >= 4 is 22.8 Å². The number of aromatic amines is 1. The molecular weight excluding hydrogens is 374 g/mol. The van der Waals surface area contributed by atoms with Crippen molar-refractivity contribution in [3.05, 3.63) is 47.7 Å². The minimum atomic E-state index is -0.775. The van der Waals surface area contributed by atoms with E-state index in [0.717, 1.165) is 5.56 Å². The number of carbonyl (C=O) groups is 1. The number of urea groups is 1. The first-order valence-corrected chi connectivity index (χ1v) is 9.28. The van der Waals surface area contributed by atoms with Gasteiger partial charge in [0.05, 0.1) is 42.5 Å². The van der Waals surface area contributed by atoms with Crippen LogP contribution in [0.3, 0.4) is 0 Å². The van der Waals surface area contributed by atoms with Gasteiger partial charge >= 0.3 is 6.03 Å². The molecule has 9 nitrogen and oxygen atoms in total. The SMILES string of the molecule is COc1n[nH]c2cc(NC(=O)N[C@H](c3ccccc3)[C@H](O)C(C)C)nc(CO)c12. The number of ether oxygens (including phenoxy) is 1. The topological polar surface area (TPSA) is 132 Å². The molecule has 0 saturated heterocycles. The summed E-state index contributed by atoms with van der Waals surface area (Å²) in [4.78, 5) is 16.9. The number of H-pyrrole nitrogens is 1. The molecule has 2 atom stereocenters. The number of methoxy groups -OCH3 is 1. The maximum atomic E-state index is 12.6. The Morgan fingerprint density at radius 1 is 1.28 bits per heavy atom. The number of aliphatic hydroxyl groups excluding tert-OH is 2. The van der Waals surface area contributed by atoms with Crippen molar-refractivity contribution in [3.8, 4) is 5.88 Å². The van der Waals surface area contributed by atoms with E-state index in [1.807, 2.05) is 44.2 Å². The van der Waals surface area contributed by atoms with E-state index in [1.165, 1.54) is 7.11 Å². The number of amides is 2. The molecule has 0 aliphatic rings. The number of fused-ring (bicyclic) bond motifs is 1. The van der Waals surface area contributed by atoms with Gasteiger partial charge in [0.2, 0.25) is 5.88 Å². The standard InChI is InChI=1S/C20H25N5O4/c1-11(2)18(27)17(12-7-5-4-6-8-12)23-20(28)22-15-9-13-16(14(10-26)21-15)19(29-3)25-24-13/h4-9,11,17-18,26-27H,10H2,1-3H3,(H,24,25)(H2,21,22,23,28)/t17-,18-/m1/s1. The number of pyridine rings is 1. The number of anilines is 1. The summed E-state index contributed by atoms with van der Waals surface area (Å²) in [5.74, 6) is 0.487. The molecule has 0 aliphatic carbocycles. The maximum Gasteiger partial charge on any atom is 0.320 e.